The number of hydrogen-bond donors (Lipinski definition) is 1. The van der Waals surface area contributed by atoms with Crippen molar-refractivity contribution in [2.24, 2.45) is 13.0 Å². The van der Waals surface area contributed by atoms with E-state index in [0.29, 0.717) is 0 Å². The molecule has 20 heavy (non-hydrogen) atoms. The number of nitrogens with two attached hydrogens (primary N) is 1. The lowest BCUT2D eigenvalue weighted by Gasteiger charge is -2.36. The van der Waals surface area contributed by atoms with Crippen LogP contribution >= 0.6 is 0 Å². The van der Waals surface area contributed by atoms with Crippen LogP contribution in [-0.4, -0.2) is 47.4 Å². The molecule has 114 valence electrons. The van der Waals surface area contributed by atoms with Crippen LogP contribution in [0.15, 0.2) is 0 Å². The van der Waals surface area contributed by atoms with Gasteiger partial charge in [-0.2, -0.15) is 5.10 Å². The van der Waals surface area contributed by atoms with Crippen molar-refractivity contribution >= 4 is 11.5 Å². The van der Waals surface area contributed by atoms with Crippen molar-refractivity contribution < 1.29 is 0 Å². The smallest absolute Gasteiger partial charge is 0.150 e. The van der Waals surface area contributed by atoms with Crippen LogP contribution in [0.2, 0.25) is 0 Å². The number of anilines is 2. The highest BCUT2D eigenvalue weighted by Gasteiger charge is 2.23. The van der Waals surface area contributed by atoms with Crippen LogP contribution in [0.1, 0.15) is 32.9 Å². The lowest BCUT2D eigenvalue weighted by atomic mass is 10.2. The minimum atomic E-state index is 0.736. The van der Waals surface area contributed by atoms with E-state index in [4.69, 9.17) is 5.73 Å². The summed E-state index contributed by atoms with van der Waals surface area (Å²) in [6.07, 6.45) is 2.05. The zero-order chi connectivity index (χ0) is 14.7. The Labute approximate surface area is 122 Å². The number of rotatable bonds is 5. The molecule has 0 unspecified atom stereocenters. The van der Waals surface area contributed by atoms with Gasteiger partial charge in [-0.25, -0.2) is 0 Å². The molecule has 2 rings (SSSR count). The monoisotopic (exact) mass is 279 g/mol. The van der Waals surface area contributed by atoms with E-state index in [1.807, 2.05) is 11.7 Å². The van der Waals surface area contributed by atoms with Gasteiger partial charge in [-0.05, 0) is 12.3 Å². The summed E-state index contributed by atoms with van der Waals surface area (Å²) in [4.78, 5) is 4.93. The number of nitrogens with zero attached hydrogens (tertiary/aromatic N) is 4. The molecule has 5 heteroatoms. The fraction of sp³-hybridized carbons (Fsp3) is 0.800. The Balaban J connectivity index is 2.03. The first kappa shape index (κ1) is 15.2. The second-order valence-electron chi connectivity index (χ2n) is 6.24. The van der Waals surface area contributed by atoms with Gasteiger partial charge in [0.1, 0.15) is 5.82 Å². The summed E-state index contributed by atoms with van der Waals surface area (Å²) in [5.74, 6) is 1.84. The van der Waals surface area contributed by atoms with Crippen LogP contribution < -0.4 is 10.6 Å². The van der Waals surface area contributed by atoms with Crippen molar-refractivity contribution in [3.05, 3.63) is 5.69 Å². The third-order valence-electron chi connectivity index (χ3n) is 3.91. The molecule has 1 aliphatic heterocycles. The first-order chi connectivity index (χ1) is 9.52. The Morgan fingerprint density at radius 1 is 1.20 bits per heavy atom. The van der Waals surface area contributed by atoms with E-state index in [-0.39, 0.29) is 0 Å². The summed E-state index contributed by atoms with van der Waals surface area (Å²) < 4.78 is 1.96. The molecule has 0 aromatic carbocycles. The van der Waals surface area contributed by atoms with E-state index in [9.17, 15) is 0 Å². The number of nitrogen functional groups attached to an aromatic ring is 1. The molecular weight excluding hydrogens is 250 g/mol. The van der Waals surface area contributed by atoms with Gasteiger partial charge in [0.25, 0.3) is 0 Å². The molecule has 1 aromatic rings. The lowest BCUT2D eigenvalue weighted by Crippen LogP contribution is -2.48. The molecule has 0 radical (unpaired) electrons. The van der Waals surface area contributed by atoms with Gasteiger partial charge in [0.15, 0.2) is 0 Å². The van der Waals surface area contributed by atoms with Gasteiger partial charge in [0, 0.05) is 39.8 Å². The van der Waals surface area contributed by atoms with Crippen LogP contribution in [0.3, 0.4) is 0 Å². The summed E-state index contributed by atoms with van der Waals surface area (Å²) in [6.45, 7) is 12.2. The van der Waals surface area contributed by atoms with E-state index in [1.54, 1.807) is 0 Å². The minimum absolute atomic E-state index is 0.736. The quantitative estimate of drug-likeness (QED) is 0.892. The average Bonchev–Trinajstić information content (AvgIpc) is 2.66. The maximum atomic E-state index is 6.30. The average molecular weight is 279 g/mol. The van der Waals surface area contributed by atoms with Gasteiger partial charge < -0.3 is 10.6 Å². The highest BCUT2D eigenvalue weighted by atomic mass is 15.4. The molecule has 0 atom stereocenters. The van der Waals surface area contributed by atoms with Crippen molar-refractivity contribution in [2.75, 3.05) is 43.4 Å². The third kappa shape index (κ3) is 3.26. The zero-order valence-electron chi connectivity index (χ0n) is 13.4. The molecule has 1 aliphatic rings. The van der Waals surface area contributed by atoms with Gasteiger partial charge in [0.05, 0.1) is 11.4 Å². The van der Waals surface area contributed by atoms with Crippen molar-refractivity contribution in [1.82, 2.24) is 14.7 Å². The van der Waals surface area contributed by atoms with Gasteiger partial charge in [-0.3, -0.25) is 9.58 Å². The van der Waals surface area contributed by atoms with Crippen molar-refractivity contribution in [2.45, 2.75) is 33.6 Å². The van der Waals surface area contributed by atoms with E-state index >= 15 is 0 Å². The summed E-state index contributed by atoms with van der Waals surface area (Å²) in [5, 5.41) is 4.58. The predicted octanol–water partition coefficient (Wildman–Crippen LogP) is 1.73. The summed E-state index contributed by atoms with van der Waals surface area (Å²) in [5.41, 5.74) is 8.23. The van der Waals surface area contributed by atoms with Crippen molar-refractivity contribution in [3.63, 3.8) is 0 Å². The lowest BCUT2D eigenvalue weighted by molar-refractivity contribution is 0.230. The Hall–Kier alpha value is -1.23. The minimum Gasteiger partial charge on any atom is -0.394 e. The molecule has 0 bridgehead atoms. The van der Waals surface area contributed by atoms with E-state index in [0.717, 1.165) is 62.1 Å². The SMILES string of the molecule is CCCc1nn(C)c(N2CCN(CC(C)C)CC2)c1N. The molecule has 1 aromatic heterocycles. The number of piperazine rings is 1. The van der Waals surface area contributed by atoms with E-state index in [1.165, 1.54) is 6.54 Å². The van der Waals surface area contributed by atoms with Crippen molar-refractivity contribution in [3.8, 4) is 0 Å². The summed E-state index contributed by atoms with van der Waals surface area (Å²) in [6, 6.07) is 0. The molecule has 0 saturated carbocycles. The first-order valence-electron chi connectivity index (χ1n) is 7.81. The summed E-state index contributed by atoms with van der Waals surface area (Å²) in [7, 11) is 2.01. The Kier molecular flexibility index (Phi) is 4.91. The third-order valence-corrected chi connectivity index (χ3v) is 3.91. The number of aryl methyl sites for hydroxylation is 2. The molecule has 0 amide bonds. The van der Waals surface area contributed by atoms with Crippen LogP contribution in [0.4, 0.5) is 11.5 Å². The van der Waals surface area contributed by atoms with Crippen molar-refractivity contribution in [1.29, 1.82) is 0 Å². The zero-order valence-corrected chi connectivity index (χ0v) is 13.4. The molecular formula is C15H29N5. The topological polar surface area (TPSA) is 50.3 Å². The molecule has 2 N–H and O–H groups in total. The first-order valence-corrected chi connectivity index (χ1v) is 7.81. The Morgan fingerprint density at radius 3 is 2.40 bits per heavy atom. The fourth-order valence-corrected chi connectivity index (χ4v) is 3.04. The number of hydrogen-bond acceptors (Lipinski definition) is 4. The molecule has 0 spiro atoms. The fourth-order valence-electron chi connectivity index (χ4n) is 3.04. The molecule has 1 saturated heterocycles. The molecule has 1 fully saturated rings. The highest BCUT2D eigenvalue weighted by molar-refractivity contribution is 5.66. The maximum absolute atomic E-state index is 6.30. The van der Waals surface area contributed by atoms with Gasteiger partial charge in [-0.1, -0.05) is 27.2 Å². The number of aromatic nitrogens is 2. The maximum Gasteiger partial charge on any atom is 0.150 e. The Morgan fingerprint density at radius 2 is 1.85 bits per heavy atom. The molecule has 5 nitrogen and oxygen atoms in total. The Bertz CT molecular complexity index is 430. The van der Waals surface area contributed by atoms with E-state index in [2.05, 4.69) is 35.7 Å². The van der Waals surface area contributed by atoms with Gasteiger partial charge >= 0.3 is 0 Å². The van der Waals surface area contributed by atoms with Crippen LogP contribution in [0.25, 0.3) is 0 Å². The highest BCUT2D eigenvalue weighted by Crippen LogP contribution is 2.27. The van der Waals surface area contributed by atoms with Crippen LogP contribution in [-0.2, 0) is 13.5 Å². The van der Waals surface area contributed by atoms with Crippen LogP contribution in [0.5, 0.6) is 0 Å². The predicted molar refractivity (Wildman–Crippen MR) is 85.1 cm³/mol. The summed E-state index contributed by atoms with van der Waals surface area (Å²) >= 11 is 0. The largest absolute Gasteiger partial charge is 0.394 e. The molecule has 2 heterocycles. The van der Waals surface area contributed by atoms with Gasteiger partial charge in [0.2, 0.25) is 0 Å². The normalized spacial score (nSPS) is 17.1. The van der Waals surface area contributed by atoms with E-state index < -0.39 is 0 Å². The molecule has 0 aliphatic carbocycles. The standard InChI is InChI=1S/C15H29N5/c1-5-6-13-14(16)15(18(4)17-13)20-9-7-19(8-10-20)11-12(2)3/h12H,5-11,16H2,1-4H3. The van der Waals surface area contributed by atoms with Gasteiger partial charge in [-0.15, -0.1) is 0 Å². The second kappa shape index (κ2) is 6.48. The van der Waals surface area contributed by atoms with Crippen LogP contribution in [0, 0.1) is 5.92 Å². The second-order valence-corrected chi connectivity index (χ2v) is 6.24.